The van der Waals surface area contributed by atoms with Crippen molar-refractivity contribution in [3.05, 3.63) is 59.1 Å². The number of hydrogen-bond donors (Lipinski definition) is 3. The first-order valence-electron chi connectivity index (χ1n) is 9.47. The molecule has 4 rings (SSSR count). The van der Waals surface area contributed by atoms with Crippen LogP contribution in [0.3, 0.4) is 0 Å². The van der Waals surface area contributed by atoms with Gasteiger partial charge in [-0.25, -0.2) is 14.8 Å². The molecule has 10 heteroatoms. The zero-order valence-electron chi connectivity index (χ0n) is 16.8. The molecule has 2 aromatic heterocycles. The van der Waals surface area contributed by atoms with E-state index in [1.807, 2.05) is 43.3 Å². The van der Waals surface area contributed by atoms with E-state index in [0.717, 1.165) is 27.3 Å². The van der Waals surface area contributed by atoms with Gasteiger partial charge in [0.25, 0.3) is 5.91 Å². The fourth-order valence-electron chi connectivity index (χ4n) is 2.81. The highest BCUT2D eigenvalue weighted by Crippen LogP contribution is 2.30. The van der Waals surface area contributed by atoms with E-state index in [0.29, 0.717) is 33.1 Å². The molecule has 8 nitrogen and oxygen atoms in total. The second-order valence-electron chi connectivity index (χ2n) is 6.41. The summed E-state index contributed by atoms with van der Waals surface area (Å²) in [6, 6.07) is 14.3. The van der Waals surface area contributed by atoms with Gasteiger partial charge in [0.1, 0.15) is 10.6 Å². The maximum atomic E-state index is 12.7. The molecule has 31 heavy (non-hydrogen) atoms. The maximum absolute atomic E-state index is 12.7. The molecule has 0 radical (unpaired) electrons. The molecule has 158 valence electrons. The summed E-state index contributed by atoms with van der Waals surface area (Å²) in [4.78, 5) is 34.0. The number of anilines is 3. The number of aryl methyl sites for hydroxylation is 1. The van der Waals surface area contributed by atoms with E-state index in [1.165, 1.54) is 11.3 Å². The summed E-state index contributed by atoms with van der Waals surface area (Å²) in [5.74, 6) is 0.440. The summed E-state index contributed by atoms with van der Waals surface area (Å²) >= 11 is 2.47. The Morgan fingerprint density at radius 2 is 1.74 bits per heavy atom. The molecule has 0 aliphatic carbocycles. The van der Waals surface area contributed by atoms with Crippen molar-refractivity contribution in [3.63, 3.8) is 0 Å². The second-order valence-corrected chi connectivity index (χ2v) is 8.44. The van der Waals surface area contributed by atoms with Crippen molar-refractivity contribution in [1.29, 1.82) is 0 Å². The van der Waals surface area contributed by atoms with Crippen molar-refractivity contribution in [2.45, 2.75) is 13.8 Å². The molecule has 0 aliphatic heterocycles. The Labute approximate surface area is 186 Å². The van der Waals surface area contributed by atoms with E-state index < -0.39 is 6.03 Å². The molecule has 2 aromatic carbocycles. The lowest BCUT2D eigenvalue weighted by atomic mass is 10.3. The molecule has 0 atom stereocenters. The van der Waals surface area contributed by atoms with Crippen molar-refractivity contribution in [3.8, 4) is 5.75 Å². The van der Waals surface area contributed by atoms with Crippen molar-refractivity contribution in [2.24, 2.45) is 0 Å². The third kappa shape index (κ3) is 4.98. The number of carbonyl (C=O) groups excluding carboxylic acids is 2. The van der Waals surface area contributed by atoms with Crippen LogP contribution in [0.2, 0.25) is 0 Å². The van der Waals surface area contributed by atoms with Crippen LogP contribution in [0.15, 0.2) is 48.5 Å². The highest BCUT2D eigenvalue weighted by atomic mass is 32.1. The lowest BCUT2D eigenvalue weighted by Gasteiger charge is -2.04. The minimum Gasteiger partial charge on any atom is -0.494 e. The monoisotopic (exact) mass is 453 g/mol. The summed E-state index contributed by atoms with van der Waals surface area (Å²) in [6.45, 7) is 4.23. The minimum atomic E-state index is -0.428. The van der Waals surface area contributed by atoms with Crippen LogP contribution in [0.5, 0.6) is 5.75 Å². The Balaban J connectivity index is 1.43. The van der Waals surface area contributed by atoms with Crippen LogP contribution in [0.25, 0.3) is 10.2 Å². The SMILES string of the molecule is CCOc1ccc2nc(NC(=O)c3sc(NC(=O)Nc4ccccc4)nc3C)sc2c1. The minimum absolute atomic E-state index is 0.324. The van der Waals surface area contributed by atoms with Gasteiger partial charge in [-0.3, -0.25) is 15.4 Å². The predicted octanol–water partition coefficient (Wildman–Crippen LogP) is 5.36. The molecule has 0 bridgehead atoms. The molecule has 0 fully saturated rings. The largest absolute Gasteiger partial charge is 0.494 e. The number of nitrogens with zero attached hydrogens (tertiary/aromatic N) is 2. The molecule has 0 aliphatic rings. The van der Waals surface area contributed by atoms with E-state index in [4.69, 9.17) is 4.74 Å². The molecule has 0 saturated heterocycles. The number of thiazole rings is 2. The van der Waals surface area contributed by atoms with Crippen molar-refractivity contribution in [1.82, 2.24) is 9.97 Å². The molecular formula is C21H19N5O3S2. The van der Waals surface area contributed by atoms with Gasteiger partial charge in [-0.2, -0.15) is 0 Å². The van der Waals surface area contributed by atoms with Crippen LogP contribution in [0.1, 0.15) is 22.3 Å². The summed E-state index contributed by atoms with van der Waals surface area (Å²) in [5.41, 5.74) is 1.97. The molecule has 0 spiro atoms. The van der Waals surface area contributed by atoms with Crippen LogP contribution in [0.4, 0.5) is 20.7 Å². The lowest BCUT2D eigenvalue weighted by molar-refractivity contribution is 0.103. The van der Waals surface area contributed by atoms with Crippen LogP contribution >= 0.6 is 22.7 Å². The number of benzene rings is 2. The number of aromatic nitrogens is 2. The fourth-order valence-corrected chi connectivity index (χ4v) is 4.56. The first kappa shape index (κ1) is 20.8. The standard InChI is InChI=1S/C21H19N5O3S2/c1-3-29-14-9-10-15-16(11-14)30-21(24-15)25-18(27)17-12(2)22-20(31-17)26-19(28)23-13-7-5-4-6-8-13/h4-11H,3H2,1-2H3,(H,24,25,27)(H2,22,23,26,28). The highest BCUT2D eigenvalue weighted by Gasteiger charge is 2.18. The average molecular weight is 454 g/mol. The van der Waals surface area contributed by atoms with E-state index in [1.54, 1.807) is 19.1 Å². The Bertz CT molecular complexity index is 1240. The first-order chi connectivity index (χ1) is 15.0. The Morgan fingerprint density at radius 1 is 0.968 bits per heavy atom. The van der Waals surface area contributed by atoms with Gasteiger partial charge in [-0.05, 0) is 44.2 Å². The normalized spacial score (nSPS) is 10.6. The number of carbonyl (C=O) groups is 2. The summed E-state index contributed by atoms with van der Waals surface area (Å²) in [5, 5.41) is 9.01. The second kappa shape index (κ2) is 9.11. The van der Waals surface area contributed by atoms with Gasteiger partial charge in [0, 0.05) is 5.69 Å². The Morgan fingerprint density at radius 3 is 2.52 bits per heavy atom. The molecule has 3 amide bonds. The van der Waals surface area contributed by atoms with Gasteiger partial charge in [-0.15, -0.1) is 0 Å². The Hall–Kier alpha value is -3.50. The van der Waals surface area contributed by atoms with Crippen LogP contribution in [0, 0.1) is 6.92 Å². The summed E-state index contributed by atoms with van der Waals surface area (Å²) < 4.78 is 6.43. The number of hydrogen-bond acceptors (Lipinski definition) is 7. The van der Waals surface area contributed by atoms with Gasteiger partial charge in [0.15, 0.2) is 10.3 Å². The van der Waals surface area contributed by atoms with Gasteiger partial charge >= 0.3 is 6.03 Å². The van der Waals surface area contributed by atoms with Gasteiger partial charge in [0.05, 0.1) is 22.5 Å². The van der Waals surface area contributed by atoms with Gasteiger partial charge in [-0.1, -0.05) is 40.9 Å². The molecule has 2 heterocycles. The van der Waals surface area contributed by atoms with E-state index in [-0.39, 0.29) is 5.91 Å². The van der Waals surface area contributed by atoms with Gasteiger partial charge in [0.2, 0.25) is 0 Å². The number of para-hydroxylation sites is 1. The maximum Gasteiger partial charge on any atom is 0.325 e. The highest BCUT2D eigenvalue weighted by molar-refractivity contribution is 7.22. The topological polar surface area (TPSA) is 105 Å². The van der Waals surface area contributed by atoms with Crippen molar-refractivity contribution < 1.29 is 14.3 Å². The predicted molar refractivity (Wildman–Crippen MR) is 125 cm³/mol. The van der Waals surface area contributed by atoms with E-state index >= 15 is 0 Å². The smallest absolute Gasteiger partial charge is 0.325 e. The number of fused-ring (bicyclic) bond motifs is 1. The molecule has 0 unspecified atom stereocenters. The van der Waals surface area contributed by atoms with Crippen molar-refractivity contribution in [2.75, 3.05) is 22.6 Å². The zero-order valence-corrected chi connectivity index (χ0v) is 18.4. The summed E-state index contributed by atoms with van der Waals surface area (Å²) in [7, 11) is 0. The van der Waals surface area contributed by atoms with Gasteiger partial charge < -0.3 is 10.1 Å². The summed E-state index contributed by atoms with van der Waals surface area (Å²) in [6.07, 6.45) is 0. The lowest BCUT2D eigenvalue weighted by Crippen LogP contribution is -2.19. The Kier molecular flexibility index (Phi) is 6.10. The van der Waals surface area contributed by atoms with Crippen molar-refractivity contribution >= 4 is 60.8 Å². The first-order valence-corrected chi connectivity index (χ1v) is 11.1. The fraction of sp³-hybridized carbons (Fsp3) is 0.143. The molecule has 3 N–H and O–H groups in total. The number of rotatable bonds is 6. The number of ether oxygens (including phenoxy) is 1. The van der Waals surface area contributed by atoms with Crippen LogP contribution < -0.4 is 20.7 Å². The van der Waals surface area contributed by atoms with Crippen LogP contribution in [-0.2, 0) is 0 Å². The van der Waals surface area contributed by atoms with E-state index in [9.17, 15) is 9.59 Å². The average Bonchev–Trinajstić information content (AvgIpc) is 3.30. The number of nitrogens with one attached hydrogen (secondary N) is 3. The van der Waals surface area contributed by atoms with Crippen LogP contribution in [-0.4, -0.2) is 28.5 Å². The third-order valence-corrected chi connectivity index (χ3v) is 6.15. The third-order valence-electron chi connectivity index (χ3n) is 4.15. The number of amides is 3. The zero-order chi connectivity index (χ0) is 21.8. The van der Waals surface area contributed by atoms with E-state index in [2.05, 4.69) is 25.9 Å². The molecular weight excluding hydrogens is 434 g/mol. The molecule has 4 aromatic rings. The quantitative estimate of drug-likeness (QED) is 0.365. The number of urea groups is 1. The molecule has 0 saturated carbocycles.